The summed E-state index contributed by atoms with van der Waals surface area (Å²) in [5.74, 6) is 1.37. The molecule has 1 aromatic carbocycles. The molecule has 0 fully saturated rings. The highest BCUT2D eigenvalue weighted by atomic mass is 32.3. The molecule has 0 N–H and O–H groups in total. The highest BCUT2D eigenvalue weighted by Gasteiger charge is 2.16. The summed E-state index contributed by atoms with van der Waals surface area (Å²) in [6.45, 7) is 0. The first-order valence-electron chi connectivity index (χ1n) is 5.45. The third kappa shape index (κ3) is 5.23. The molecule has 0 radical (unpaired) electrons. The fourth-order valence-electron chi connectivity index (χ4n) is 1.27. The minimum Gasteiger partial charge on any atom is -0.446 e. The van der Waals surface area contributed by atoms with Gasteiger partial charge in [-0.3, -0.25) is 4.79 Å². The fraction of sp³-hybridized carbons (Fsp3) is 0.462. The molecule has 0 atom stereocenters. The van der Waals surface area contributed by atoms with Gasteiger partial charge in [0.1, 0.15) is 6.29 Å². The number of aldehydes is 1. The molecular formula is C13H22O3S2. The van der Waals surface area contributed by atoms with Crippen molar-refractivity contribution >= 4 is 26.9 Å². The van der Waals surface area contributed by atoms with E-state index in [4.69, 9.17) is 8.37 Å². The van der Waals surface area contributed by atoms with Gasteiger partial charge in [-0.25, -0.2) is 0 Å². The lowest BCUT2D eigenvalue weighted by molar-refractivity contribution is 0.112. The van der Waals surface area contributed by atoms with Gasteiger partial charge < -0.3 is 8.37 Å². The third-order valence-corrected chi connectivity index (χ3v) is 3.14. The molecule has 0 saturated carbocycles. The van der Waals surface area contributed by atoms with Gasteiger partial charge in [-0.1, -0.05) is 0 Å². The Hall–Kier alpha value is -0.810. The molecule has 1 rings (SSSR count). The van der Waals surface area contributed by atoms with Crippen LogP contribution >= 0.6 is 20.6 Å². The topological polar surface area (TPSA) is 35.5 Å². The summed E-state index contributed by atoms with van der Waals surface area (Å²) in [5, 5.41) is 0. The lowest BCUT2D eigenvalue weighted by atomic mass is 10.2. The lowest BCUT2D eigenvalue weighted by Gasteiger charge is -2.31. The van der Waals surface area contributed by atoms with E-state index in [1.165, 1.54) is 0 Å². The van der Waals surface area contributed by atoms with Gasteiger partial charge in [0.05, 0.1) is 0 Å². The van der Waals surface area contributed by atoms with Gasteiger partial charge in [-0.2, -0.15) is 0 Å². The molecule has 18 heavy (non-hydrogen) atoms. The van der Waals surface area contributed by atoms with E-state index in [2.05, 4.69) is 18.8 Å². The summed E-state index contributed by atoms with van der Waals surface area (Å²) in [6, 6.07) is 5.30. The molecule has 3 nitrogen and oxygen atoms in total. The van der Waals surface area contributed by atoms with Crippen molar-refractivity contribution in [3.63, 3.8) is 0 Å². The number of benzene rings is 1. The van der Waals surface area contributed by atoms with Crippen LogP contribution in [0, 0.1) is 0 Å². The first kappa shape index (κ1) is 15.2. The predicted molar refractivity (Wildman–Crippen MR) is 83.8 cm³/mol. The molecule has 0 spiro atoms. The van der Waals surface area contributed by atoms with E-state index in [9.17, 15) is 4.79 Å². The zero-order valence-electron chi connectivity index (χ0n) is 11.9. The smallest absolute Gasteiger partial charge is 0.178 e. The van der Waals surface area contributed by atoms with Crippen LogP contribution in [-0.4, -0.2) is 43.8 Å². The molecule has 0 heterocycles. The van der Waals surface area contributed by atoms with Crippen molar-refractivity contribution in [2.45, 2.75) is 0 Å². The van der Waals surface area contributed by atoms with Gasteiger partial charge in [0, 0.05) is 5.56 Å². The Labute approximate surface area is 113 Å². The Balaban J connectivity index is 3.12. The van der Waals surface area contributed by atoms with Crippen molar-refractivity contribution in [1.29, 1.82) is 0 Å². The molecule has 0 unspecified atom stereocenters. The van der Waals surface area contributed by atoms with Crippen LogP contribution in [0.15, 0.2) is 18.2 Å². The zero-order chi connectivity index (χ0) is 14.0. The van der Waals surface area contributed by atoms with Crippen LogP contribution in [0.3, 0.4) is 0 Å². The summed E-state index contributed by atoms with van der Waals surface area (Å²) < 4.78 is 11.9. The summed E-state index contributed by atoms with van der Waals surface area (Å²) in [7, 11) is -2.30. The molecule has 0 saturated heterocycles. The summed E-state index contributed by atoms with van der Waals surface area (Å²) in [4.78, 5) is 10.8. The first-order chi connectivity index (χ1) is 8.11. The number of carbonyl (C=O) groups is 1. The van der Waals surface area contributed by atoms with Crippen LogP contribution in [0.1, 0.15) is 10.4 Å². The minimum absolute atomic E-state index is 0.602. The second-order valence-corrected chi connectivity index (χ2v) is 12.7. The highest BCUT2D eigenvalue weighted by Crippen LogP contribution is 2.46. The molecule has 0 aromatic heterocycles. The molecule has 104 valence electrons. The Morgan fingerprint density at radius 3 is 1.83 bits per heavy atom. The summed E-state index contributed by atoms with van der Waals surface area (Å²) >= 11 is 0. The van der Waals surface area contributed by atoms with Crippen molar-refractivity contribution in [2.24, 2.45) is 0 Å². The van der Waals surface area contributed by atoms with Crippen LogP contribution < -0.4 is 8.37 Å². The SMILES string of the molecule is CS(C)(C)Oc1ccc(C=O)cc1OS(C)(C)C. The Kier molecular flexibility index (Phi) is 4.61. The number of rotatable bonds is 5. The Morgan fingerprint density at radius 1 is 0.889 bits per heavy atom. The monoisotopic (exact) mass is 290 g/mol. The van der Waals surface area contributed by atoms with Gasteiger partial charge in [0.2, 0.25) is 0 Å². The van der Waals surface area contributed by atoms with E-state index in [-0.39, 0.29) is 0 Å². The second kappa shape index (κ2) is 5.45. The van der Waals surface area contributed by atoms with E-state index in [1.54, 1.807) is 12.1 Å². The predicted octanol–water partition coefficient (Wildman–Crippen LogP) is 3.47. The molecular weight excluding hydrogens is 268 g/mol. The number of carbonyl (C=O) groups excluding carboxylic acids is 1. The van der Waals surface area contributed by atoms with Crippen LogP contribution in [0.25, 0.3) is 0 Å². The average molecular weight is 290 g/mol. The average Bonchev–Trinajstić information content (AvgIpc) is 2.16. The standard InChI is InChI=1S/C13H22O3S2/c1-17(2,3)15-12-8-7-11(10-14)9-13(12)16-18(4,5)6/h7-10H,1-6H3. The van der Waals surface area contributed by atoms with Crippen LogP contribution in [0.2, 0.25) is 0 Å². The quantitative estimate of drug-likeness (QED) is 0.779. The maximum atomic E-state index is 10.8. The van der Waals surface area contributed by atoms with E-state index in [0.29, 0.717) is 17.1 Å². The number of hydrogen-bond acceptors (Lipinski definition) is 3. The molecule has 0 aliphatic heterocycles. The molecule has 0 amide bonds. The Bertz CT molecular complexity index is 431. The van der Waals surface area contributed by atoms with Crippen LogP contribution in [-0.2, 0) is 0 Å². The first-order valence-corrected chi connectivity index (χ1v) is 11.0. The van der Waals surface area contributed by atoms with E-state index in [1.807, 2.05) is 24.8 Å². The zero-order valence-corrected chi connectivity index (χ0v) is 13.5. The third-order valence-electron chi connectivity index (χ3n) is 1.78. The summed E-state index contributed by atoms with van der Waals surface area (Å²) in [6.07, 6.45) is 13.2. The largest absolute Gasteiger partial charge is 0.446 e. The minimum atomic E-state index is -1.17. The van der Waals surface area contributed by atoms with Gasteiger partial charge in [0.25, 0.3) is 0 Å². The molecule has 5 heteroatoms. The number of hydrogen-bond donors (Lipinski definition) is 0. The van der Waals surface area contributed by atoms with Gasteiger partial charge >= 0.3 is 0 Å². The van der Waals surface area contributed by atoms with Crippen molar-refractivity contribution in [2.75, 3.05) is 37.5 Å². The molecule has 0 aliphatic rings. The van der Waals surface area contributed by atoms with E-state index < -0.39 is 20.6 Å². The van der Waals surface area contributed by atoms with Crippen molar-refractivity contribution in [3.8, 4) is 11.5 Å². The Morgan fingerprint density at radius 2 is 1.39 bits per heavy atom. The van der Waals surface area contributed by atoms with Gasteiger partial charge in [-0.15, -0.1) is 20.6 Å². The van der Waals surface area contributed by atoms with E-state index >= 15 is 0 Å². The van der Waals surface area contributed by atoms with Crippen molar-refractivity contribution in [3.05, 3.63) is 23.8 Å². The van der Waals surface area contributed by atoms with Crippen LogP contribution in [0.4, 0.5) is 0 Å². The van der Waals surface area contributed by atoms with Gasteiger partial charge in [-0.05, 0) is 55.7 Å². The summed E-state index contributed by atoms with van der Waals surface area (Å²) in [5.41, 5.74) is 0.602. The van der Waals surface area contributed by atoms with Gasteiger partial charge in [0.15, 0.2) is 11.5 Å². The fourth-order valence-corrected chi connectivity index (χ4v) is 2.62. The van der Waals surface area contributed by atoms with Crippen molar-refractivity contribution < 1.29 is 13.2 Å². The lowest BCUT2D eigenvalue weighted by Crippen LogP contribution is -2.06. The molecule has 0 bridgehead atoms. The maximum Gasteiger partial charge on any atom is 0.178 e. The second-order valence-electron chi connectivity index (χ2n) is 5.44. The van der Waals surface area contributed by atoms with Crippen LogP contribution in [0.5, 0.6) is 11.5 Å². The van der Waals surface area contributed by atoms with E-state index in [0.717, 1.165) is 6.29 Å². The normalized spacial score (nSPS) is 13.9. The molecule has 0 aliphatic carbocycles. The maximum absolute atomic E-state index is 10.8. The highest BCUT2D eigenvalue weighted by molar-refractivity contribution is 8.28. The van der Waals surface area contributed by atoms with Crippen molar-refractivity contribution in [1.82, 2.24) is 0 Å². The molecule has 1 aromatic rings.